The van der Waals surface area contributed by atoms with Crippen LogP contribution in [0.4, 0.5) is 13.6 Å². The van der Waals surface area contributed by atoms with Gasteiger partial charge in [0.25, 0.3) is 0 Å². The van der Waals surface area contributed by atoms with Crippen molar-refractivity contribution in [2.24, 2.45) is 0 Å². The maximum atomic E-state index is 14.2. The van der Waals surface area contributed by atoms with Gasteiger partial charge in [-0.25, -0.2) is 13.6 Å². The summed E-state index contributed by atoms with van der Waals surface area (Å²) in [5.74, 6) is 0.313. The van der Waals surface area contributed by atoms with Crippen molar-refractivity contribution >= 4 is 6.09 Å². The molecule has 7 heteroatoms. The fourth-order valence-corrected chi connectivity index (χ4v) is 2.52. The monoisotopic (exact) mass is 338 g/mol. The van der Waals surface area contributed by atoms with Gasteiger partial charge in [-0.1, -0.05) is 12.8 Å². The summed E-state index contributed by atoms with van der Waals surface area (Å²) in [5.41, 5.74) is -0.360. The summed E-state index contributed by atoms with van der Waals surface area (Å²) >= 11 is 0. The predicted molar refractivity (Wildman–Crippen MR) is 84.5 cm³/mol. The van der Waals surface area contributed by atoms with Crippen LogP contribution in [-0.2, 0) is 11.3 Å². The van der Waals surface area contributed by atoms with E-state index in [-0.39, 0.29) is 24.0 Å². The molecule has 1 atom stereocenters. The molecule has 1 N–H and O–H groups in total. The molecule has 0 radical (unpaired) electrons. The van der Waals surface area contributed by atoms with E-state index in [1.807, 2.05) is 6.92 Å². The summed E-state index contributed by atoms with van der Waals surface area (Å²) in [7, 11) is 0. The molecule has 0 aromatic heterocycles. The fourth-order valence-electron chi connectivity index (χ4n) is 2.52. The number of hydrogen-bond acceptors (Lipinski definition) is 4. The molecule has 0 aliphatic carbocycles. The van der Waals surface area contributed by atoms with Crippen molar-refractivity contribution in [3.8, 4) is 18.1 Å². The van der Waals surface area contributed by atoms with Gasteiger partial charge in [0.1, 0.15) is 19.0 Å². The van der Waals surface area contributed by atoms with Crippen LogP contribution in [0.25, 0.3) is 0 Å². The molecule has 1 unspecified atom stereocenters. The summed E-state index contributed by atoms with van der Waals surface area (Å²) in [4.78, 5) is 13.8. The molecule has 0 bridgehead atoms. The molecule has 130 valence electrons. The quantitative estimate of drug-likeness (QED) is 0.837. The number of benzene rings is 1. The number of rotatable bonds is 5. The Morgan fingerprint density at radius 3 is 3.00 bits per heavy atom. The van der Waals surface area contributed by atoms with Crippen molar-refractivity contribution in [1.29, 1.82) is 0 Å². The van der Waals surface area contributed by atoms with Gasteiger partial charge < -0.3 is 19.7 Å². The van der Waals surface area contributed by atoms with Crippen molar-refractivity contribution in [3.63, 3.8) is 0 Å². The number of amides is 1. The Kier molecular flexibility index (Phi) is 6.38. The van der Waals surface area contributed by atoms with E-state index >= 15 is 0 Å². The van der Waals surface area contributed by atoms with E-state index in [0.717, 1.165) is 18.6 Å². The minimum absolute atomic E-state index is 0.00578. The number of terminal acetylenes is 1. The largest absolute Gasteiger partial charge is 0.478 e. The van der Waals surface area contributed by atoms with Gasteiger partial charge in [-0.15, -0.1) is 6.42 Å². The number of piperazine rings is 1. The lowest BCUT2D eigenvalue weighted by Crippen LogP contribution is -2.53. The minimum Gasteiger partial charge on any atom is -0.478 e. The van der Waals surface area contributed by atoms with Crippen LogP contribution in [-0.4, -0.2) is 43.3 Å². The Hall–Kier alpha value is -2.33. The van der Waals surface area contributed by atoms with Crippen LogP contribution in [0, 0.1) is 24.0 Å². The molecule has 1 heterocycles. The van der Waals surface area contributed by atoms with Crippen molar-refractivity contribution in [1.82, 2.24) is 10.2 Å². The van der Waals surface area contributed by atoms with Crippen LogP contribution >= 0.6 is 0 Å². The maximum Gasteiger partial charge on any atom is 0.410 e. The van der Waals surface area contributed by atoms with Crippen molar-refractivity contribution in [2.45, 2.75) is 26.0 Å². The van der Waals surface area contributed by atoms with Gasteiger partial charge in [-0.3, -0.25) is 0 Å². The van der Waals surface area contributed by atoms with E-state index in [1.54, 1.807) is 4.90 Å². The fraction of sp³-hybridized carbons (Fsp3) is 0.471. The van der Waals surface area contributed by atoms with Crippen LogP contribution < -0.4 is 10.1 Å². The SMILES string of the molecule is C#CCOc1ccc(F)c(COC(=O)N2CCNCC2CC)c1F. The third-order valence-corrected chi connectivity index (χ3v) is 3.86. The van der Waals surface area contributed by atoms with Crippen molar-refractivity contribution in [2.75, 3.05) is 26.2 Å². The number of halogens is 2. The second-order valence-electron chi connectivity index (χ2n) is 5.35. The molecule has 1 aromatic rings. The summed E-state index contributed by atoms with van der Waals surface area (Å²) in [6.45, 7) is 3.13. The molecule has 0 saturated carbocycles. The van der Waals surface area contributed by atoms with E-state index in [1.165, 1.54) is 0 Å². The molecule has 1 aliphatic heterocycles. The topological polar surface area (TPSA) is 50.8 Å². The highest BCUT2D eigenvalue weighted by atomic mass is 19.1. The second-order valence-corrected chi connectivity index (χ2v) is 5.35. The lowest BCUT2D eigenvalue weighted by atomic mass is 10.1. The minimum atomic E-state index is -0.912. The summed E-state index contributed by atoms with van der Waals surface area (Å²) < 4.78 is 38.2. The van der Waals surface area contributed by atoms with Crippen LogP contribution in [0.15, 0.2) is 12.1 Å². The zero-order valence-electron chi connectivity index (χ0n) is 13.5. The first kappa shape index (κ1) is 18.0. The highest BCUT2D eigenvalue weighted by Crippen LogP contribution is 2.24. The average molecular weight is 338 g/mol. The number of hydrogen-bond donors (Lipinski definition) is 1. The van der Waals surface area contributed by atoms with Crippen molar-refractivity contribution < 1.29 is 23.0 Å². The zero-order chi connectivity index (χ0) is 17.5. The molecule has 1 aromatic carbocycles. The summed E-state index contributed by atoms with van der Waals surface area (Å²) in [5, 5.41) is 3.19. The van der Waals surface area contributed by atoms with Crippen LogP contribution in [0.1, 0.15) is 18.9 Å². The molecule has 1 saturated heterocycles. The van der Waals surface area contributed by atoms with Gasteiger partial charge in [0.15, 0.2) is 11.6 Å². The lowest BCUT2D eigenvalue weighted by Gasteiger charge is -2.34. The number of nitrogens with one attached hydrogen (secondary N) is 1. The number of nitrogens with zero attached hydrogens (tertiary/aromatic N) is 1. The second kappa shape index (κ2) is 8.50. The molecule has 1 amide bonds. The van der Waals surface area contributed by atoms with Gasteiger partial charge in [-0.05, 0) is 18.6 Å². The summed E-state index contributed by atoms with van der Waals surface area (Å²) in [6, 6.07) is 2.21. The van der Waals surface area contributed by atoms with Gasteiger partial charge >= 0.3 is 6.09 Å². The Morgan fingerprint density at radius 2 is 2.29 bits per heavy atom. The molecular weight excluding hydrogens is 318 g/mol. The van der Waals surface area contributed by atoms with Gasteiger partial charge in [0.2, 0.25) is 0 Å². The highest BCUT2D eigenvalue weighted by Gasteiger charge is 2.27. The molecule has 1 fully saturated rings. The van der Waals surface area contributed by atoms with E-state index in [4.69, 9.17) is 15.9 Å². The lowest BCUT2D eigenvalue weighted by molar-refractivity contribution is 0.0697. The number of carbonyl (C=O) groups is 1. The molecule has 5 nitrogen and oxygen atoms in total. The molecule has 0 spiro atoms. The normalized spacial score (nSPS) is 17.2. The maximum absolute atomic E-state index is 14.2. The average Bonchev–Trinajstić information content (AvgIpc) is 2.60. The number of ether oxygens (including phenoxy) is 2. The van der Waals surface area contributed by atoms with E-state index in [9.17, 15) is 13.6 Å². The third kappa shape index (κ3) is 4.15. The van der Waals surface area contributed by atoms with Gasteiger partial charge in [0.05, 0.1) is 5.56 Å². The Bertz CT molecular complexity index is 631. The first-order valence-electron chi connectivity index (χ1n) is 7.75. The standard InChI is InChI=1S/C17H20F2N2O3/c1-3-9-23-15-6-5-14(18)13(16(15)19)11-24-17(22)21-8-7-20-10-12(21)4-2/h1,5-6,12,20H,4,7-11H2,2H3. The molecule has 24 heavy (non-hydrogen) atoms. The van der Waals surface area contributed by atoms with Crippen LogP contribution in [0.5, 0.6) is 5.75 Å². The van der Waals surface area contributed by atoms with E-state index in [0.29, 0.717) is 19.6 Å². The summed E-state index contributed by atoms with van der Waals surface area (Å²) in [6.07, 6.45) is 5.23. The third-order valence-electron chi connectivity index (χ3n) is 3.86. The van der Waals surface area contributed by atoms with Crippen LogP contribution in [0.3, 0.4) is 0 Å². The van der Waals surface area contributed by atoms with Crippen LogP contribution in [0.2, 0.25) is 0 Å². The predicted octanol–water partition coefficient (Wildman–Crippen LogP) is 2.30. The highest BCUT2D eigenvalue weighted by molar-refractivity contribution is 5.68. The van der Waals surface area contributed by atoms with Gasteiger partial charge in [0, 0.05) is 25.7 Å². The Labute approximate surface area is 139 Å². The van der Waals surface area contributed by atoms with E-state index in [2.05, 4.69) is 11.2 Å². The Morgan fingerprint density at radius 1 is 1.50 bits per heavy atom. The molecule has 1 aliphatic rings. The van der Waals surface area contributed by atoms with E-state index < -0.39 is 24.3 Å². The molecule has 2 rings (SSSR count). The Balaban J connectivity index is 2.05. The zero-order valence-corrected chi connectivity index (χ0v) is 13.5. The van der Waals surface area contributed by atoms with Crippen molar-refractivity contribution in [3.05, 3.63) is 29.3 Å². The van der Waals surface area contributed by atoms with Gasteiger partial charge in [-0.2, -0.15) is 0 Å². The number of carbonyl (C=O) groups excluding carboxylic acids is 1. The first-order valence-corrected chi connectivity index (χ1v) is 7.75. The smallest absolute Gasteiger partial charge is 0.410 e. The first-order chi connectivity index (χ1) is 11.6. The molecular formula is C17H20F2N2O3.